The summed E-state index contributed by atoms with van der Waals surface area (Å²) in [5.74, 6) is -0.711. The van der Waals surface area contributed by atoms with Crippen LogP contribution in [-0.4, -0.2) is 37.9 Å². The summed E-state index contributed by atoms with van der Waals surface area (Å²) in [5.41, 5.74) is 1.95. The van der Waals surface area contributed by atoms with Crippen molar-refractivity contribution in [1.29, 1.82) is 0 Å². The number of hydrogen-bond acceptors (Lipinski definition) is 9. The minimum Gasteiger partial charge on any atom is -0.508 e. The zero-order chi connectivity index (χ0) is 26.1. The second kappa shape index (κ2) is 9.69. The predicted molar refractivity (Wildman–Crippen MR) is 132 cm³/mol. The van der Waals surface area contributed by atoms with Crippen LogP contribution in [0.3, 0.4) is 0 Å². The van der Waals surface area contributed by atoms with Crippen molar-refractivity contribution >= 4 is 22.9 Å². The Morgan fingerprint density at radius 3 is 2.57 bits per heavy atom. The smallest absolute Gasteiger partial charge is 0.343 e. The van der Waals surface area contributed by atoms with Crippen molar-refractivity contribution in [3.63, 3.8) is 0 Å². The number of ether oxygens (including phenoxy) is 4. The molecule has 37 heavy (non-hydrogen) atoms. The van der Waals surface area contributed by atoms with Gasteiger partial charge in [-0.2, -0.15) is 0 Å². The molecule has 9 nitrogen and oxygen atoms in total. The minimum absolute atomic E-state index is 0.0582. The maximum atomic E-state index is 13.5. The van der Waals surface area contributed by atoms with E-state index in [0.29, 0.717) is 33.4 Å². The van der Waals surface area contributed by atoms with Gasteiger partial charge in [0.1, 0.15) is 23.3 Å². The number of methoxy groups -OCH3 is 2. The van der Waals surface area contributed by atoms with Crippen molar-refractivity contribution in [1.82, 2.24) is 0 Å². The molecule has 2 heterocycles. The van der Waals surface area contributed by atoms with Crippen LogP contribution < -0.4 is 19.6 Å². The molecule has 0 fully saturated rings. The van der Waals surface area contributed by atoms with Gasteiger partial charge in [-0.3, -0.25) is 9.59 Å². The quantitative estimate of drug-likeness (QED) is 0.306. The van der Waals surface area contributed by atoms with Crippen molar-refractivity contribution in [2.45, 2.75) is 12.3 Å². The van der Waals surface area contributed by atoms with Gasteiger partial charge >= 0.3 is 11.9 Å². The number of benzene rings is 3. The number of fused-ring (bicyclic) bond motifs is 3. The molecular formula is C28H22O9. The lowest BCUT2D eigenvalue weighted by Crippen LogP contribution is -2.23. The summed E-state index contributed by atoms with van der Waals surface area (Å²) in [5, 5.41) is 9.89. The lowest BCUT2D eigenvalue weighted by molar-refractivity contribution is -0.143. The van der Waals surface area contributed by atoms with Gasteiger partial charge in [0.2, 0.25) is 5.43 Å². The first-order chi connectivity index (χ1) is 17.9. The topological polar surface area (TPSA) is 122 Å². The highest BCUT2D eigenvalue weighted by molar-refractivity contribution is 5.90. The summed E-state index contributed by atoms with van der Waals surface area (Å²) in [6, 6.07) is 14.5. The molecule has 0 saturated carbocycles. The molecule has 1 atom stereocenters. The number of aromatic hydroxyl groups is 1. The summed E-state index contributed by atoms with van der Waals surface area (Å²) in [6.07, 6.45) is 1.29. The van der Waals surface area contributed by atoms with E-state index < -0.39 is 17.9 Å². The maximum Gasteiger partial charge on any atom is 0.343 e. The summed E-state index contributed by atoms with van der Waals surface area (Å²) in [7, 11) is 2.72. The monoisotopic (exact) mass is 502 g/mol. The number of rotatable bonds is 6. The number of hydrogen-bond donors (Lipinski definition) is 1. The van der Waals surface area contributed by atoms with Gasteiger partial charge in [-0.05, 0) is 35.9 Å². The first-order valence-corrected chi connectivity index (χ1v) is 11.4. The lowest BCUT2D eigenvalue weighted by atomic mass is 9.84. The number of carbonyl (C=O) groups is 2. The van der Waals surface area contributed by atoms with Crippen molar-refractivity contribution in [3.8, 4) is 34.1 Å². The van der Waals surface area contributed by atoms with Crippen molar-refractivity contribution < 1.29 is 38.1 Å². The highest BCUT2D eigenvalue weighted by Crippen LogP contribution is 2.47. The molecule has 1 aromatic heterocycles. The molecule has 1 unspecified atom stereocenters. The maximum absolute atomic E-state index is 13.5. The zero-order valence-electron chi connectivity index (χ0n) is 20.0. The molecule has 0 aliphatic carbocycles. The second-order valence-corrected chi connectivity index (χ2v) is 8.35. The van der Waals surface area contributed by atoms with Crippen LogP contribution in [0.2, 0.25) is 0 Å². The van der Waals surface area contributed by atoms with Gasteiger partial charge in [-0.15, -0.1) is 0 Å². The Kier molecular flexibility index (Phi) is 6.27. The molecule has 0 saturated heterocycles. The Labute approximate surface area is 210 Å². The van der Waals surface area contributed by atoms with E-state index in [0.717, 1.165) is 0 Å². The van der Waals surface area contributed by atoms with Gasteiger partial charge in [-0.25, -0.2) is 4.79 Å². The van der Waals surface area contributed by atoms with Crippen LogP contribution in [0.4, 0.5) is 0 Å². The molecule has 1 aliphatic rings. The molecular weight excluding hydrogens is 480 g/mol. The van der Waals surface area contributed by atoms with E-state index in [1.54, 1.807) is 42.5 Å². The Hall–Kier alpha value is -4.79. The van der Waals surface area contributed by atoms with Crippen LogP contribution >= 0.6 is 0 Å². The van der Waals surface area contributed by atoms with Gasteiger partial charge in [0.15, 0.2) is 18.1 Å². The average molecular weight is 502 g/mol. The second-order valence-electron chi connectivity index (χ2n) is 8.35. The van der Waals surface area contributed by atoms with Crippen molar-refractivity contribution in [2.24, 2.45) is 0 Å². The first kappa shape index (κ1) is 23.9. The largest absolute Gasteiger partial charge is 0.508 e. The molecule has 188 valence electrons. The van der Waals surface area contributed by atoms with Gasteiger partial charge in [0.25, 0.3) is 0 Å². The third kappa shape index (κ3) is 4.35. The van der Waals surface area contributed by atoms with Crippen molar-refractivity contribution in [3.05, 3.63) is 82.2 Å². The molecule has 9 heteroatoms. The third-order valence-electron chi connectivity index (χ3n) is 6.23. The lowest BCUT2D eigenvalue weighted by Gasteiger charge is -2.27. The molecule has 1 N–H and O–H groups in total. The summed E-state index contributed by atoms with van der Waals surface area (Å²) >= 11 is 0. The number of esters is 2. The highest BCUT2D eigenvalue weighted by Gasteiger charge is 2.34. The average Bonchev–Trinajstić information content (AvgIpc) is 2.91. The van der Waals surface area contributed by atoms with Crippen LogP contribution in [0.25, 0.3) is 22.1 Å². The third-order valence-corrected chi connectivity index (χ3v) is 6.23. The highest BCUT2D eigenvalue weighted by atomic mass is 16.6. The SMILES string of the molecule is COC(=O)COc1c(OC)cccc1C1CC(=O)Oc2ccc3c(=O)c(-c4ccc(O)cc4)coc3c21. The minimum atomic E-state index is -0.620. The molecule has 5 rings (SSSR count). The normalized spacial score (nSPS) is 14.5. The van der Waals surface area contributed by atoms with E-state index in [9.17, 15) is 19.5 Å². The van der Waals surface area contributed by atoms with Gasteiger partial charge < -0.3 is 28.5 Å². The Morgan fingerprint density at radius 2 is 1.84 bits per heavy atom. The van der Waals surface area contributed by atoms with Crippen LogP contribution in [0.15, 0.2) is 70.1 Å². The fourth-order valence-corrected chi connectivity index (χ4v) is 4.47. The van der Waals surface area contributed by atoms with E-state index in [2.05, 4.69) is 4.74 Å². The van der Waals surface area contributed by atoms with Crippen molar-refractivity contribution in [2.75, 3.05) is 20.8 Å². The number of phenolic OH excluding ortho intramolecular Hbond substituents is 1. The molecule has 0 radical (unpaired) electrons. The first-order valence-electron chi connectivity index (χ1n) is 11.4. The molecule has 0 spiro atoms. The summed E-state index contributed by atoms with van der Waals surface area (Å²) in [4.78, 5) is 37.8. The standard InChI is InChI=1S/C28H22O9/c1-33-22-5-3-4-17(27(22)36-14-24(31)34-2)19-12-23(30)37-21-11-10-18-26(32)20(13-35-28(18)25(19)21)15-6-8-16(29)9-7-15/h3-11,13,19,29H,12,14H2,1-2H3. The van der Waals surface area contributed by atoms with E-state index in [4.69, 9.17) is 18.6 Å². The Bertz CT molecular complexity index is 1570. The predicted octanol–water partition coefficient (Wildman–Crippen LogP) is 4.17. The number of para-hydroxylation sites is 1. The Balaban J connectivity index is 1.69. The summed E-state index contributed by atoms with van der Waals surface area (Å²) in [6.45, 7) is -0.367. The Morgan fingerprint density at radius 1 is 1.05 bits per heavy atom. The molecule has 3 aromatic carbocycles. The van der Waals surface area contributed by atoms with E-state index >= 15 is 0 Å². The number of phenols is 1. The van der Waals surface area contributed by atoms with Gasteiger partial charge in [0, 0.05) is 17.0 Å². The molecule has 4 aromatic rings. The van der Waals surface area contributed by atoms with E-state index in [1.807, 2.05) is 0 Å². The molecule has 0 amide bonds. The summed E-state index contributed by atoms with van der Waals surface area (Å²) < 4.78 is 27.4. The van der Waals surface area contributed by atoms with Crippen LogP contribution in [0, 0.1) is 0 Å². The van der Waals surface area contributed by atoms with Crippen LogP contribution in [-0.2, 0) is 14.3 Å². The van der Waals surface area contributed by atoms with Crippen LogP contribution in [0.5, 0.6) is 23.0 Å². The fourth-order valence-electron chi connectivity index (χ4n) is 4.47. The van der Waals surface area contributed by atoms with Gasteiger partial charge in [0.05, 0.1) is 31.6 Å². The molecule has 0 bridgehead atoms. The van der Waals surface area contributed by atoms with E-state index in [-0.39, 0.29) is 41.3 Å². The van der Waals surface area contributed by atoms with Crippen LogP contribution in [0.1, 0.15) is 23.5 Å². The van der Waals surface area contributed by atoms with E-state index in [1.165, 1.54) is 32.6 Å². The number of carbonyl (C=O) groups excluding carboxylic acids is 2. The fraction of sp³-hybridized carbons (Fsp3) is 0.179. The zero-order valence-corrected chi connectivity index (χ0v) is 20.0. The van der Waals surface area contributed by atoms with Gasteiger partial charge in [-0.1, -0.05) is 24.3 Å². The molecule has 1 aliphatic heterocycles.